The van der Waals surface area contributed by atoms with Crippen molar-refractivity contribution in [2.75, 3.05) is 41.3 Å². The standard InChI is InChI=1S/C32H35N5O2/c1-23-8-7-12-29(33-23)36-20-18-35(19-21-36)26-15-13-25(14-16-26)34-32(39)31(38)30-28(24-9-3-2-4-10-24)22-27-11-5-6-17-37(27)30/h5-8,11-17,22,24H,2-4,9-10,18-21H2,1H3,(H,34,39). The number of fused-ring (bicyclic) bond motifs is 1. The normalized spacial score (nSPS) is 16.4. The maximum atomic E-state index is 13.5. The van der Waals surface area contributed by atoms with Crippen LogP contribution in [0.4, 0.5) is 17.2 Å². The highest BCUT2D eigenvalue weighted by Crippen LogP contribution is 2.36. The number of nitrogens with one attached hydrogen (secondary N) is 1. The summed E-state index contributed by atoms with van der Waals surface area (Å²) in [6.07, 6.45) is 7.59. The van der Waals surface area contributed by atoms with Crippen LogP contribution in [0.2, 0.25) is 0 Å². The van der Waals surface area contributed by atoms with E-state index in [1.165, 1.54) is 19.3 Å². The SMILES string of the molecule is Cc1cccc(N2CCN(c3ccc(NC(=O)C(=O)c4c(C5CCCCC5)cc5ccccn45)cc3)CC2)n1. The monoisotopic (exact) mass is 521 g/mol. The number of carbonyl (C=O) groups is 2. The van der Waals surface area contributed by atoms with Crippen LogP contribution in [-0.4, -0.2) is 47.3 Å². The van der Waals surface area contributed by atoms with Crippen molar-refractivity contribution in [2.24, 2.45) is 0 Å². The van der Waals surface area contributed by atoms with Crippen LogP contribution in [0.5, 0.6) is 0 Å². The van der Waals surface area contributed by atoms with Gasteiger partial charge in [-0.25, -0.2) is 4.98 Å². The van der Waals surface area contributed by atoms with Gasteiger partial charge in [0.05, 0.1) is 0 Å². The Hall–Kier alpha value is -4.13. The zero-order valence-corrected chi connectivity index (χ0v) is 22.5. The second-order valence-electron chi connectivity index (χ2n) is 10.7. The van der Waals surface area contributed by atoms with Crippen molar-refractivity contribution in [1.29, 1.82) is 0 Å². The van der Waals surface area contributed by atoms with Gasteiger partial charge in [0, 0.05) is 55.0 Å². The maximum Gasteiger partial charge on any atom is 0.298 e. The number of benzene rings is 1. The predicted octanol–water partition coefficient (Wildman–Crippen LogP) is 5.84. The summed E-state index contributed by atoms with van der Waals surface area (Å²) < 4.78 is 1.88. The second kappa shape index (κ2) is 10.9. The predicted molar refractivity (Wildman–Crippen MR) is 156 cm³/mol. The number of anilines is 3. The first-order chi connectivity index (χ1) is 19.1. The number of aryl methyl sites for hydroxylation is 1. The molecule has 1 saturated carbocycles. The fraction of sp³-hybridized carbons (Fsp3) is 0.344. The lowest BCUT2D eigenvalue weighted by Gasteiger charge is -2.36. The van der Waals surface area contributed by atoms with Gasteiger partial charge in [0.25, 0.3) is 11.7 Å². The molecule has 3 aromatic heterocycles. The number of piperazine rings is 1. The fourth-order valence-corrected chi connectivity index (χ4v) is 6.06. The molecule has 0 bridgehead atoms. The summed E-state index contributed by atoms with van der Waals surface area (Å²) in [6, 6.07) is 21.9. The first kappa shape index (κ1) is 25.2. The van der Waals surface area contributed by atoms with Crippen molar-refractivity contribution in [3.8, 4) is 0 Å². The van der Waals surface area contributed by atoms with Crippen LogP contribution in [0.25, 0.3) is 5.52 Å². The number of carbonyl (C=O) groups excluding carboxylic acids is 2. The van der Waals surface area contributed by atoms with E-state index in [1.807, 2.05) is 66.1 Å². The molecule has 7 heteroatoms. The van der Waals surface area contributed by atoms with E-state index in [4.69, 9.17) is 0 Å². The molecule has 2 fully saturated rings. The van der Waals surface area contributed by atoms with Crippen molar-refractivity contribution in [2.45, 2.75) is 44.9 Å². The van der Waals surface area contributed by atoms with Crippen LogP contribution >= 0.6 is 0 Å². The van der Waals surface area contributed by atoms with Gasteiger partial charge in [-0.2, -0.15) is 0 Å². The molecule has 1 N–H and O–H groups in total. The third-order valence-electron chi connectivity index (χ3n) is 8.14. The summed E-state index contributed by atoms with van der Waals surface area (Å²) in [5, 5.41) is 2.85. The van der Waals surface area contributed by atoms with E-state index in [2.05, 4.69) is 38.3 Å². The first-order valence-corrected chi connectivity index (χ1v) is 14.1. The minimum absolute atomic E-state index is 0.326. The summed E-state index contributed by atoms with van der Waals surface area (Å²) in [5.41, 5.74) is 5.23. The Bertz CT molecular complexity index is 1480. The number of Topliss-reactive ketones (excluding diaryl/α,β-unsaturated/α-hetero) is 1. The molecule has 1 saturated heterocycles. The summed E-state index contributed by atoms with van der Waals surface area (Å²) in [5.74, 6) is 0.279. The van der Waals surface area contributed by atoms with Crippen LogP contribution in [0.3, 0.4) is 0 Å². The molecule has 6 rings (SSSR count). The molecule has 0 spiro atoms. The number of hydrogen-bond donors (Lipinski definition) is 1. The van der Waals surface area contributed by atoms with E-state index < -0.39 is 11.7 Å². The molecular formula is C32H35N5O2. The lowest BCUT2D eigenvalue weighted by molar-refractivity contribution is -0.112. The molecule has 0 unspecified atom stereocenters. The van der Waals surface area contributed by atoms with E-state index in [1.54, 1.807) is 0 Å². The number of ketones is 1. The maximum absolute atomic E-state index is 13.5. The van der Waals surface area contributed by atoms with Gasteiger partial charge in [0.2, 0.25) is 0 Å². The van der Waals surface area contributed by atoms with Gasteiger partial charge in [0.1, 0.15) is 11.5 Å². The Kier molecular flexibility index (Phi) is 7.05. The topological polar surface area (TPSA) is 70.0 Å². The average Bonchev–Trinajstić information content (AvgIpc) is 3.37. The summed E-state index contributed by atoms with van der Waals surface area (Å²) in [6.45, 7) is 5.61. The number of rotatable bonds is 6. The van der Waals surface area contributed by atoms with Gasteiger partial charge in [0.15, 0.2) is 0 Å². The Morgan fingerprint density at radius 2 is 1.59 bits per heavy atom. The molecule has 1 amide bonds. The number of amides is 1. The van der Waals surface area contributed by atoms with Crippen molar-refractivity contribution in [1.82, 2.24) is 9.38 Å². The highest BCUT2D eigenvalue weighted by Gasteiger charge is 2.29. The molecule has 7 nitrogen and oxygen atoms in total. The van der Waals surface area contributed by atoms with Crippen molar-refractivity contribution in [3.05, 3.63) is 89.9 Å². The minimum atomic E-state index is -0.595. The third-order valence-corrected chi connectivity index (χ3v) is 8.14. The van der Waals surface area contributed by atoms with Gasteiger partial charge in [-0.1, -0.05) is 31.4 Å². The summed E-state index contributed by atoms with van der Waals surface area (Å²) >= 11 is 0. The zero-order valence-electron chi connectivity index (χ0n) is 22.5. The summed E-state index contributed by atoms with van der Waals surface area (Å²) in [7, 11) is 0. The van der Waals surface area contributed by atoms with Gasteiger partial charge >= 0.3 is 0 Å². The highest BCUT2D eigenvalue weighted by molar-refractivity contribution is 6.46. The highest BCUT2D eigenvalue weighted by atomic mass is 16.2. The molecule has 4 aromatic rings. The van der Waals surface area contributed by atoms with Crippen molar-refractivity contribution < 1.29 is 9.59 Å². The smallest absolute Gasteiger partial charge is 0.298 e. The number of aromatic nitrogens is 2. The van der Waals surface area contributed by atoms with Gasteiger partial charge < -0.3 is 19.5 Å². The van der Waals surface area contributed by atoms with Crippen LogP contribution in [0.15, 0.2) is 72.9 Å². The van der Waals surface area contributed by atoms with E-state index in [-0.39, 0.29) is 0 Å². The number of nitrogens with zero attached hydrogens (tertiary/aromatic N) is 4. The molecule has 1 aliphatic heterocycles. The molecular weight excluding hydrogens is 486 g/mol. The molecule has 1 aliphatic carbocycles. The lowest BCUT2D eigenvalue weighted by atomic mass is 9.83. The molecule has 0 radical (unpaired) electrons. The zero-order chi connectivity index (χ0) is 26.8. The van der Waals surface area contributed by atoms with E-state index in [0.717, 1.165) is 67.3 Å². The number of hydrogen-bond acceptors (Lipinski definition) is 5. The van der Waals surface area contributed by atoms with Gasteiger partial charge in [-0.15, -0.1) is 0 Å². The fourth-order valence-electron chi connectivity index (χ4n) is 6.06. The molecule has 2 aliphatic rings. The first-order valence-electron chi connectivity index (χ1n) is 14.1. The van der Waals surface area contributed by atoms with E-state index in [9.17, 15) is 9.59 Å². The average molecular weight is 522 g/mol. The Morgan fingerprint density at radius 3 is 2.33 bits per heavy atom. The Morgan fingerprint density at radius 1 is 0.846 bits per heavy atom. The molecule has 1 aromatic carbocycles. The van der Waals surface area contributed by atoms with Crippen LogP contribution < -0.4 is 15.1 Å². The molecule has 0 atom stereocenters. The van der Waals surface area contributed by atoms with Crippen molar-refractivity contribution >= 4 is 34.4 Å². The molecule has 200 valence electrons. The van der Waals surface area contributed by atoms with Gasteiger partial charge in [-0.3, -0.25) is 9.59 Å². The van der Waals surface area contributed by atoms with E-state index in [0.29, 0.717) is 17.3 Å². The number of pyridine rings is 2. The van der Waals surface area contributed by atoms with Gasteiger partial charge in [-0.05, 0) is 85.8 Å². The largest absolute Gasteiger partial charge is 0.368 e. The lowest BCUT2D eigenvalue weighted by Crippen LogP contribution is -2.46. The Labute approximate surface area is 229 Å². The minimum Gasteiger partial charge on any atom is -0.368 e. The van der Waals surface area contributed by atoms with E-state index >= 15 is 0 Å². The van der Waals surface area contributed by atoms with Crippen LogP contribution in [0, 0.1) is 6.92 Å². The Balaban J connectivity index is 1.13. The molecule has 4 heterocycles. The van der Waals surface area contributed by atoms with Crippen LogP contribution in [0.1, 0.15) is 59.8 Å². The quantitative estimate of drug-likeness (QED) is 0.255. The van der Waals surface area contributed by atoms with Crippen molar-refractivity contribution in [3.63, 3.8) is 0 Å². The summed E-state index contributed by atoms with van der Waals surface area (Å²) in [4.78, 5) is 36.0. The third kappa shape index (κ3) is 5.26. The molecule has 39 heavy (non-hydrogen) atoms. The van der Waals surface area contributed by atoms with Crippen LogP contribution in [-0.2, 0) is 4.79 Å². The second-order valence-corrected chi connectivity index (χ2v) is 10.7.